The molecule has 0 radical (unpaired) electrons. The minimum Gasteiger partial charge on any atom is -0.343 e. The summed E-state index contributed by atoms with van der Waals surface area (Å²) < 4.78 is 0. The third kappa shape index (κ3) is 4.08. The molecule has 1 aliphatic rings. The molecule has 23 heavy (non-hydrogen) atoms. The fourth-order valence-electron chi connectivity index (χ4n) is 2.88. The molecule has 0 spiro atoms. The Kier molecular flexibility index (Phi) is 5.62. The maximum atomic E-state index is 11.9. The lowest BCUT2D eigenvalue weighted by Gasteiger charge is -2.31. The Hall–Kier alpha value is -1.04. The standard InChI is InChI=1S/C17H19ClN2OS2/c18-14-3-1-13(2-4-14)17-19-15(11-23-17)12-5-8-20(9-6-12)16(21)7-10-22/h1-4,11-12,22H,5-10H2. The van der Waals surface area contributed by atoms with Crippen LogP contribution in [-0.2, 0) is 4.79 Å². The van der Waals surface area contributed by atoms with E-state index in [0.717, 1.165) is 47.2 Å². The number of rotatable bonds is 4. The molecular weight excluding hydrogens is 348 g/mol. The van der Waals surface area contributed by atoms with E-state index < -0.39 is 0 Å². The molecule has 0 bridgehead atoms. The number of thiazole rings is 1. The largest absolute Gasteiger partial charge is 0.343 e. The van der Waals surface area contributed by atoms with E-state index in [1.807, 2.05) is 29.2 Å². The van der Waals surface area contributed by atoms with E-state index in [1.54, 1.807) is 11.3 Å². The summed E-state index contributed by atoms with van der Waals surface area (Å²) in [5.74, 6) is 1.29. The van der Waals surface area contributed by atoms with Crippen LogP contribution in [0.5, 0.6) is 0 Å². The molecular formula is C17H19ClN2OS2. The molecule has 1 fully saturated rings. The minimum atomic E-state index is 0.221. The van der Waals surface area contributed by atoms with Crippen LogP contribution in [0.15, 0.2) is 29.6 Å². The topological polar surface area (TPSA) is 33.2 Å². The SMILES string of the molecule is O=C(CCS)N1CCC(c2csc(-c3ccc(Cl)cc3)n2)CC1. The molecule has 2 aromatic rings. The number of amides is 1. The molecule has 0 saturated carbocycles. The van der Waals surface area contributed by atoms with Gasteiger partial charge in [0.15, 0.2) is 0 Å². The number of hydrogen-bond donors (Lipinski definition) is 1. The highest BCUT2D eigenvalue weighted by atomic mass is 35.5. The van der Waals surface area contributed by atoms with Gasteiger partial charge >= 0.3 is 0 Å². The van der Waals surface area contributed by atoms with Gasteiger partial charge in [0, 0.05) is 41.4 Å². The number of likely N-dealkylation sites (tertiary alicyclic amines) is 1. The fourth-order valence-corrected chi connectivity index (χ4v) is 4.10. The van der Waals surface area contributed by atoms with Gasteiger partial charge in [0.1, 0.15) is 5.01 Å². The van der Waals surface area contributed by atoms with Crippen LogP contribution >= 0.6 is 35.6 Å². The van der Waals surface area contributed by atoms with E-state index in [-0.39, 0.29) is 5.91 Å². The van der Waals surface area contributed by atoms with Gasteiger partial charge in [-0.3, -0.25) is 4.79 Å². The summed E-state index contributed by atoms with van der Waals surface area (Å²) in [5.41, 5.74) is 2.26. The lowest BCUT2D eigenvalue weighted by Crippen LogP contribution is -2.38. The van der Waals surface area contributed by atoms with E-state index in [4.69, 9.17) is 16.6 Å². The fraction of sp³-hybridized carbons (Fsp3) is 0.412. The van der Waals surface area contributed by atoms with Crippen molar-refractivity contribution in [3.8, 4) is 10.6 Å². The first-order valence-electron chi connectivity index (χ1n) is 7.77. The van der Waals surface area contributed by atoms with Crippen LogP contribution in [0.1, 0.15) is 30.9 Å². The zero-order valence-corrected chi connectivity index (χ0v) is 15.2. The summed E-state index contributed by atoms with van der Waals surface area (Å²) in [6.07, 6.45) is 2.51. The molecule has 0 unspecified atom stereocenters. The molecule has 6 heteroatoms. The van der Waals surface area contributed by atoms with E-state index in [2.05, 4.69) is 18.0 Å². The van der Waals surface area contributed by atoms with Gasteiger partial charge in [-0.2, -0.15) is 12.6 Å². The monoisotopic (exact) mass is 366 g/mol. The van der Waals surface area contributed by atoms with Crippen LogP contribution in [0.3, 0.4) is 0 Å². The summed E-state index contributed by atoms with van der Waals surface area (Å²) in [4.78, 5) is 18.7. The highest BCUT2D eigenvalue weighted by molar-refractivity contribution is 7.80. The highest BCUT2D eigenvalue weighted by Crippen LogP contribution is 2.32. The Labute approximate surface area is 151 Å². The number of piperidine rings is 1. The van der Waals surface area contributed by atoms with Crippen molar-refractivity contribution in [1.29, 1.82) is 0 Å². The van der Waals surface area contributed by atoms with Crippen molar-refractivity contribution >= 4 is 41.5 Å². The molecule has 2 heterocycles. The van der Waals surface area contributed by atoms with Crippen LogP contribution in [0.25, 0.3) is 10.6 Å². The van der Waals surface area contributed by atoms with Gasteiger partial charge in [0.2, 0.25) is 5.91 Å². The zero-order chi connectivity index (χ0) is 16.2. The van der Waals surface area contributed by atoms with Gasteiger partial charge in [0.05, 0.1) is 5.69 Å². The van der Waals surface area contributed by atoms with Gasteiger partial charge in [-0.1, -0.05) is 23.7 Å². The molecule has 1 saturated heterocycles. The van der Waals surface area contributed by atoms with Crippen molar-refractivity contribution < 1.29 is 4.79 Å². The normalized spacial score (nSPS) is 15.8. The van der Waals surface area contributed by atoms with E-state index in [0.29, 0.717) is 18.1 Å². The first-order valence-corrected chi connectivity index (χ1v) is 9.66. The van der Waals surface area contributed by atoms with Crippen molar-refractivity contribution in [2.24, 2.45) is 0 Å². The molecule has 0 N–H and O–H groups in total. The number of hydrogen-bond acceptors (Lipinski definition) is 4. The second-order valence-corrected chi connectivity index (χ2v) is 7.45. The second-order valence-electron chi connectivity index (χ2n) is 5.71. The second kappa shape index (κ2) is 7.69. The Balaban J connectivity index is 1.63. The van der Waals surface area contributed by atoms with Crippen molar-refractivity contribution in [1.82, 2.24) is 9.88 Å². The van der Waals surface area contributed by atoms with Crippen LogP contribution in [0.4, 0.5) is 0 Å². The third-order valence-electron chi connectivity index (χ3n) is 4.20. The van der Waals surface area contributed by atoms with E-state index in [1.165, 1.54) is 0 Å². The summed E-state index contributed by atoms with van der Waals surface area (Å²) >= 11 is 11.7. The van der Waals surface area contributed by atoms with Crippen LogP contribution in [0.2, 0.25) is 5.02 Å². The Bertz CT molecular complexity index is 663. The smallest absolute Gasteiger partial charge is 0.223 e. The predicted octanol–water partition coefficient (Wildman–Crippen LogP) is 4.49. The first kappa shape index (κ1) is 16.8. The van der Waals surface area contributed by atoms with Gasteiger partial charge in [0.25, 0.3) is 0 Å². The molecule has 0 atom stereocenters. The van der Waals surface area contributed by atoms with Crippen LogP contribution in [0, 0.1) is 0 Å². The minimum absolute atomic E-state index is 0.221. The lowest BCUT2D eigenvalue weighted by atomic mass is 9.94. The summed E-state index contributed by atoms with van der Waals surface area (Å²) in [6, 6.07) is 7.79. The number of benzene rings is 1. The van der Waals surface area contributed by atoms with Crippen molar-refractivity contribution in [3.63, 3.8) is 0 Å². The Morgan fingerprint density at radius 1 is 1.30 bits per heavy atom. The van der Waals surface area contributed by atoms with Gasteiger partial charge in [-0.15, -0.1) is 11.3 Å². The first-order chi connectivity index (χ1) is 11.2. The molecule has 1 aliphatic heterocycles. The quantitative estimate of drug-likeness (QED) is 0.809. The van der Waals surface area contributed by atoms with E-state index >= 15 is 0 Å². The lowest BCUT2D eigenvalue weighted by molar-refractivity contribution is -0.131. The highest BCUT2D eigenvalue weighted by Gasteiger charge is 2.25. The number of nitrogens with zero attached hydrogens (tertiary/aromatic N) is 2. The van der Waals surface area contributed by atoms with Crippen molar-refractivity contribution in [3.05, 3.63) is 40.4 Å². The van der Waals surface area contributed by atoms with Crippen LogP contribution in [-0.4, -0.2) is 34.6 Å². The predicted molar refractivity (Wildman–Crippen MR) is 99.6 cm³/mol. The van der Waals surface area contributed by atoms with Gasteiger partial charge in [-0.25, -0.2) is 4.98 Å². The number of carbonyl (C=O) groups excluding carboxylic acids is 1. The average molecular weight is 367 g/mol. The van der Waals surface area contributed by atoms with Crippen LogP contribution < -0.4 is 0 Å². The summed E-state index contributed by atoms with van der Waals surface area (Å²) in [5, 5.41) is 3.92. The zero-order valence-electron chi connectivity index (χ0n) is 12.7. The molecule has 0 aliphatic carbocycles. The molecule has 1 amide bonds. The molecule has 3 rings (SSSR count). The molecule has 3 nitrogen and oxygen atoms in total. The third-order valence-corrected chi connectivity index (χ3v) is 5.59. The molecule has 1 aromatic heterocycles. The summed E-state index contributed by atoms with van der Waals surface area (Å²) in [6.45, 7) is 1.65. The van der Waals surface area contributed by atoms with Crippen molar-refractivity contribution in [2.45, 2.75) is 25.2 Å². The number of halogens is 1. The Morgan fingerprint density at radius 2 is 2.00 bits per heavy atom. The number of carbonyl (C=O) groups is 1. The van der Waals surface area contributed by atoms with E-state index in [9.17, 15) is 4.79 Å². The molecule has 1 aromatic carbocycles. The van der Waals surface area contributed by atoms with Gasteiger partial charge in [-0.05, 0) is 30.7 Å². The maximum Gasteiger partial charge on any atom is 0.223 e. The Morgan fingerprint density at radius 3 is 2.65 bits per heavy atom. The molecule has 122 valence electrons. The number of thiol groups is 1. The van der Waals surface area contributed by atoms with Crippen molar-refractivity contribution in [2.75, 3.05) is 18.8 Å². The average Bonchev–Trinajstić information content (AvgIpc) is 3.06. The number of aromatic nitrogens is 1. The summed E-state index contributed by atoms with van der Waals surface area (Å²) in [7, 11) is 0. The van der Waals surface area contributed by atoms with Gasteiger partial charge < -0.3 is 4.90 Å². The maximum absolute atomic E-state index is 11.9.